The van der Waals surface area contributed by atoms with E-state index in [0.717, 1.165) is 0 Å². The van der Waals surface area contributed by atoms with Gasteiger partial charge in [-0.3, -0.25) is 4.79 Å². The van der Waals surface area contributed by atoms with Gasteiger partial charge >= 0.3 is 0 Å². The van der Waals surface area contributed by atoms with E-state index in [1.54, 1.807) is 36.1 Å². The molecule has 1 aromatic carbocycles. The number of aliphatic hydroxyl groups excluding tert-OH is 1. The highest BCUT2D eigenvalue weighted by Gasteiger charge is 2.19. The molecule has 0 spiro atoms. The lowest BCUT2D eigenvalue weighted by Crippen LogP contribution is -2.27. The number of hydrogen-bond donors (Lipinski definition) is 3. The first-order chi connectivity index (χ1) is 12.0. The van der Waals surface area contributed by atoms with Crippen LogP contribution >= 0.6 is 23.2 Å². The number of ether oxygens (including phenoxy) is 1. The van der Waals surface area contributed by atoms with Gasteiger partial charge in [-0.05, 0) is 6.07 Å². The molecule has 0 bridgehead atoms. The van der Waals surface area contributed by atoms with Crippen molar-refractivity contribution < 1.29 is 14.6 Å². The van der Waals surface area contributed by atoms with Crippen molar-refractivity contribution in [1.29, 1.82) is 0 Å². The Bertz CT molecular complexity index is 906. The van der Waals surface area contributed by atoms with Crippen LogP contribution in [-0.2, 0) is 13.7 Å². The lowest BCUT2D eigenvalue weighted by atomic mass is 10.2. The van der Waals surface area contributed by atoms with Gasteiger partial charge in [0.15, 0.2) is 0 Å². The summed E-state index contributed by atoms with van der Waals surface area (Å²) in [5, 5.41) is 12.7. The van der Waals surface area contributed by atoms with Gasteiger partial charge in [0, 0.05) is 37.4 Å². The molecule has 0 aliphatic rings. The van der Waals surface area contributed by atoms with Crippen molar-refractivity contribution in [2.45, 2.75) is 6.61 Å². The molecule has 2 heterocycles. The molecule has 1 amide bonds. The van der Waals surface area contributed by atoms with Gasteiger partial charge in [0.25, 0.3) is 5.91 Å². The first-order valence-electron chi connectivity index (χ1n) is 7.50. The third-order valence-electron chi connectivity index (χ3n) is 3.74. The molecule has 9 heteroatoms. The Morgan fingerprint density at radius 1 is 1.40 bits per heavy atom. The molecule has 0 saturated heterocycles. The van der Waals surface area contributed by atoms with Crippen molar-refractivity contribution in [3.8, 4) is 5.75 Å². The highest BCUT2D eigenvalue weighted by molar-refractivity contribution is 6.46. The first kappa shape index (κ1) is 17.6. The number of amides is 1. The third-order valence-corrected chi connectivity index (χ3v) is 4.61. The van der Waals surface area contributed by atoms with Crippen molar-refractivity contribution in [1.82, 2.24) is 19.9 Å². The normalized spacial score (nSPS) is 11.0. The van der Waals surface area contributed by atoms with E-state index in [0.29, 0.717) is 33.2 Å². The number of aromatic nitrogens is 3. The van der Waals surface area contributed by atoms with Gasteiger partial charge in [-0.25, -0.2) is 4.98 Å². The molecular weight excluding hydrogens is 367 g/mol. The summed E-state index contributed by atoms with van der Waals surface area (Å²) in [7, 11) is 1.75. The Morgan fingerprint density at radius 3 is 2.88 bits per heavy atom. The summed E-state index contributed by atoms with van der Waals surface area (Å²) in [6.45, 7) is 0.252. The topological polar surface area (TPSA) is 92.2 Å². The Morgan fingerprint density at radius 2 is 2.20 bits per heavy atom. The van der Waals surface area contributed by atoms with E-state index in [9.17, 15) is 4.79 Å². The van der Waals surface area contributed by atoms with E-state index in [2.05, 4.69) is 15.3 Å². The lowest BCUT2D eigenvalue weighted by molar-refractivity contribution is 0.0937. The zero-order chi connectivity index (χ0) is 18.0. The molecule has 0 unspecified atom stereocenters. The number of H-pyrrole nitrogens is 1. The number of nitrogens with zero attached hydrogens (tertiary/aromatic N) is 2. The van der Waals surface area contributed by atoms with Crippen LogP contribution < -0.4 is 10.1 Å². The first-order valence-corrected chi connectivity index (χ1v) is 8.26. The molecule has 0 fully saturated rings. The molecule has 25 heavy (non-hydrogen) atoms. The van der Waals surface area contributed by atoms with Crippen LogP contribution in [0.15, 0.2) is 24.5 Å². The number of carbonyl (C=O) groups excluding carboxylic acids is 1. The molecular formula is C16H16Cl2N4O3. The van der Waals surface area contributed by atoms with Crippen LogP contribution in [0.4, 0.5) is 0 Å². The largest absolute Gasteiger partial charge is 0.484 e. The summed E-state index contributed by atoms with van der Waals surface area (Å²) < 4.78 is 7.40. The summed E-state index contributed by atoms with van der Waals surface area (Å²) in [4.78, 5) is 19.2. The fourth-order valence-electron chi connectivity index (χ4n) is 2.49. The second-order valence-electron chi connectivity index (χ2n) is 5.33. The summed E-state index contributed by atoms with van der Waals surface area (Å²) in [5.41, 5.74) is 1.11. The average molecular weight is 383 g/mol. The molecule has 7 nitrogen and oxygen atoms in total. The quantitative estimate of drug-likeness (QED) is 0.610. The second kappa shape index (κ2) is 7.35. The minimum atomic E-state index is -0.307. The summed E-state index contributed by atoms with van der Waals surface area (Å²) in [6, 6.07) is 3.39. The Balaban J connectivity index is 1.96. The minimum absolute atomic E-state index is 0.132. The standard InChI is InChI=1S/C16H16Cl2N4O3/c1-22-10-7-12(25-8-13-19-2-3-20-13)15(18)14(17)9(10)6-11(22)16(24)21-4-5-23/h2-3,6-7,23H,4-5,8H2,1H3,(H,19,20)(H,21,24). The van der Waals surface area contributed by atoms with Crippen molar-refractivity contribution >= 4 is 40.0 Å². The molecule has 0 radical (unpaired) electrons. The van der Waals surface area contributed by atoms with Gasteiger partial charge in [0.2, 0.25) is 0 Å². The number of aliphatic hydroxyl groups is 1. The van der Waals surface area contributed by atoms with Crippen LogP contribution in [0.5, 0.6) is 5.75 Å². The molecule has 0 aliphatic carbocycles. The van der Waals surface area contributed by atoms with Crippen LogP contribution in [0.2, 0.25) is 10.0 Å². The number of rotatable bonds is 6. The number of aromatic amines is 1. The number of halogens is 2. The Kier molecular flexibility index (Phi) is 5.17. The van der Waals surface area contributed by atoms with E-state index < -0.39 is 0 Å². The second-order valence-corrected chi connectivity index (χ2v) is 6.08. The number of nitrogens with one attached hydrogen (secondary N) is 2. The third kappa shape index (κ3) is 3.44. The number of carbonyl (C=O) groups is 1. The smallest absolute Gasteiger partial charge is 0.268 e. The van der Waals surface area contributed by atoms with Crippen molar-refractivity contribution in [2.24, 2.45) is 7.05 Å². The molecule has 132 valence electrons. The van der Waals surface area contributed by atoms with Crippen LogP contribution in [0.1, 0.15) is 16.3 Å². The highest BCUT2D eigenvalue weighted by atomic mass is 35.5. The zero-order valence-electron chi connectivity index (χ0n) is 13.3. The van der Waals surface area contributed by atoms with Gasteiger partial charge in [0.05, 0.1) is 17.1 Å². The molecule has 3 aromatic rings. The average Bonchev–Trinajstić information content (AvgIpc) is 3.23. The number of benzene rings is 1. The molecule has 3 N–H and O–H groups in total. The fourth-order valence-corrected chi connectivity index (χ4v) is 2.94. The van der Waals surface area contributed by atoms with Crippen molar-refractivity contribution in [3.63, 3.8) is 0 Å². The van der Waals surface area contributed by atoms with E-state index in [-0.39, 0.29) is 30.7 Å². The van der Waals surface area contributed by atoms with Crippen LogP contribution in [0.25, 0.3) is 10.9 Å². The fraction of sp³-hybridized carbons (Fsp3) is 0.250. The van der Waals surface area contributed by atoms with Crippen LogP contribution in [0.3, 0.4) is 0 Å². The van der Waals surface area contributed by atoms with Crippen LogP contribution in [-0.4, -0.2) is 38.7 Å². The Hall–Kier alpha value is -2.22. The van der Waals surface area contributed by atoms with Gasteiger partial charge < -0.3 is 24.7 Å². The number of imidazole rings is 1. The Labute approximate surface area is 153 Å². The predicted molar refractivity (Wildman–Crippen MR) is 95.3 cm³/mol. The van der Waals surface area contributed by atoms with Gasteiger partial charge in [-0.15, -0.1) is 0 Å². The van der Waals surface area contributed by atoms with Crippen LogP contribution in [0, 0.1) is 0 Å². The maximum absolute atomic E-state index is 12.2. The van der Waals surface area contributed by atoms with Gasteiger partial charge in [-0.2, -0.15) is 0 Å². The van der Waals surface area contributed by atoms with E-state index in [1.807, 2.05) is 0 Å². The maximum Gasteiger partial charge on any atom is 0.268 e. The van der Waals surface area contributed by atoms with E-state index in [4.69, 9.17) is 33.0 Å². The summed E-state index contributed by atoms with van der Waals surface area (Å²) in [5.74, 6) is 0.750. The molecule has 2 aromatic heterocycles. The molecule has 3 rings (SSSR count). The zero-order valence-corrected chi connectivity index (χ0v) is 14.9. The van der Waals surface area contributed by atoms with Crippen molar-refractivity contribution in [2.75, 3.05) is 13.2 Å². The van der Waals surface area contributed by atoms with E-state index >= 15 is 0 Å². The van der Waals surface area contributed by atoms with Gasteiger partial charge in [0.1, 0.15) is 28.9 Å². The summed E-state index contributed by atoms with van der Waals surface area (Å²) >= 11 is 12.7. The molecule has 0 saturated carbocycles. The maximum atomic E-state index is 12.2. The number of fused-ring (bicyclic) bond motifs is 1. The summed E-state index contributed by atoms with van der Waals surface area (Å²) in [6.07, 6.45) is 3.33. The monoisotopic (exact) mass is 382 g/mol. The van der Waals surface area contributed by atoms with Crippen molar-refractivity contribution in [3.05, 3.63) is 46.1 Å². The number of aryl methyl sites for hydroxylation is 1. The minimum Gasteiger partial charge on any atom is -0.484 e. The predicted octanol–water partition coefficient (Wildman–Crippen LogP) is 2.51. The van der Waals surface area contributed by atoms with Gasteiger partial charge in [-0.1, -0.05) is 23.2 Å². The molecule has 0 aliphatic heterocycles. The van der Waals surface area contributed by atoms with E-state index in [1.165, 1.54) is 0 Å². The highest BCUT2D eigenvalue weighted by Crippen LogP contribution is 2.40. The SMILES string of the molecule is Cn1c(C(=O)NCCO)cc2c(Cl)c(Cl)c(OCc3ncc[nH]3)cc21. The number of hydrogen-bond acceptors (Lipinski definition) is 4. The lowest BCUT2D eigenvalue weighted by Gasteiger charge is -2.10. The molecule has 0 atom stereocenters.